The second-order valence-corrected chi connectivity index (χ2v) is 16.0. The van der Waals surface area contributed by atoms with E-state index < -0.39 is 29.5 Å². The maximum absolute atomic E-state index is 11.5. The summed E-state index contributed by atoms with van der Waals surface area (Å²) in [5.74, 6) is -1.81. The van der Waals surface area contributed by atoms with E-state index in [0.29, 0.717) is 16.9 Å². The summed E-state index contributed by atoms with van der Waals surface area (Å²) in [7, 11) is -3.00. The monoisotopic (exact) mass is 392 g/mol. The van der Waals surface area contributed by atoms with Crippen LogP contribution < -0.4 is 0 Å². The van der Waals surface area contributed by atoms with Gasteiger partial charge in [-0.1, -0.05) is 27.7 Å². The van der Waals surface area contributed by atoms with Crippen molar-refractivity contribution in [2.45, 2.75) is 70.8 Å². The van der Waals surface area contributed by atoms with Gasteiger partial charge in [0.25, 0.3) is 9.28 Å². The van der Waals surface area contributed by atoms with E-state index in [-0.39, 0.29) is 11.1 Å². The Morgan fingerprint density at radius 2 is 1.92 bits per heavy atom. The summed E-state index contributed by atoms with van der Waals surface area (Å²) in [5, 5.41) is 8.63. The van der Waals surface area contributed by atoms with Crippen LogP contribution in [0.5, 0.6) is 0 Å². The van der Waals surface area contributed by atoms with Gasteiger partial charge in [-0.15, -0.1) is 0 Å². The van der Waals surface area contributed by atoms with Crippen LogP contribution >= 0.6 is 0 Å². The molecule has 0 aliphatic rings. The Labute approximate surface area is 151 Å². The molecule has 0 radical (unpaired) electrons. The van der Waals surface area contributed by atoms with Gasteiger partial charge in [0.15, 0.2) is 8.32 Å². The van der Waals surface area contributed by atoms with Crippen LogP contribution in [0, 0.1) is 0 Å². The van der Waals surface area contributed by atoms with Crippen molar-refractivity contribution in [3.8, 4) is 0 Å². The maximum Gasteiger partial charge on any atom is 0.331 e. The Kier molecular flexibility index (Phi) is 9.97. The fourth-order valence-electron chi connectivity index (χ4n) is 2.11. The van der Waals surface area contributed by atoms with Crippen LogP contribution in [0.25, 0.3) is 0 Å². The molecule has 0 aliphatic heterocycles. The highest BCUT2D eigenvalue weighted by Gasteiger charge is 2.42. The average molecular weight is 393 g/mol. The number of carbonyl (C=O) groups is 2. The van der Waals surface area contributed by atoms with E-state index in [0.717, 1.165) is 24.2 Å². The van der Waals surface area contributed by atoms with Gasteiger partial charge in [-0.05, 0) is 37.0 Å². The average Bonchev–Trinajstić information content (AvgIpc) is 2.47. The molecule has 3 unspecified atom stereocenters. The summed E-state index contributed by atoms with van der Waals surface area (Å²) in [6.07, 6.45) is 2.06. The summed E-state index contributed by atoms with van der Waals surface area (Å²) >= 11 is 0. The maximum atomic E-state index is 11.5. The number of hydrogen-bond donors (Lipinski definition) is 1. The van der Waals surface area contributed by atoms with Gasteiger partial charge in [0.2, 0.25) is 0 Å². The third-order valence-electron chi connectivity index (χ3n) is 4.40. The zero-order valence-corrected chi connectivity index (χ0v) is 20.1. The molecule has 9 heteroatoms. The van der Waals surface area contributed by atoms with E-state index in [4.69, 9.17) is 18.1 Å². The number of ether oxygens (including phenoxy) is 1. The Morgan fingerprint density at radius 1 is 1.33 bits per heavy atom. The quantitative estimate of drug-likeness (QED) is 0.347. The molecule has 140 valence electrons. The van der Waals surface area contributed by atoms with Gasteiger partial charge in [0.05, 0.1) is 6.10 Å². The molecule has 0 aliphatic carbocycles. The largest absolute Gasteiger partial charge is 0.478 e. The van der Waals surface area contributed by atoms with Gasteiger partial charge >= 0.3 is 11.9 Å². The molecule has 1 N–H and O–H groups in total. The lowest BCUT2D eigenvalue weighted by molar-refractivity contribution is -0.142. The van der Waals surface area contributed by atoms with Crippen LogP contribution in [0.4, 0.5) is 0 Å². The minimum Gasteiger partial charge on any atom is -0.478 e. The normalized spacial score (nSPS) is 17.4. The van der Waals surface area contributed by atoms with Crippen molar-refractivity contribution < 1.29 is 27.7 Å². The van der Waals surface area contributed by atoms with E-state index >= 15 is 0 Å². The number of carboxylic acids is 1. The predicted molar refractivity (Wildman–Crippen MR) is 103 cm³/mol. The van der Waals surface area contributed by atoms with Crippen LogP contribution in [-0.2, 0) is 22.6 Å². The molecule has 0 saturated heterocycles. The van der Waals surface area contributed by atoms with Crippen LogP contribution in [0.1, 0.15) is 41.0 Å². The van der Waals surface area contributed by atoms with Crippen LogP contribution in [-0.4, -0.2) is 51.2 Å². The SMILES string of the molecule is CC[Si](C)(O[SiH](CCC(C)OC(=O)C=CC(=O)O)O[SiH3])C(C)(C)C. The second kappa shape index (κ2) is 10.3. The number of hydrogen-bond acceptors (Lipinski definition) is 5. The molecule has 0 bridgehead atoms. The van der Waals surface area contributed by atoms with Crippen molar-refractivity contribution in [2.75, 3.05) is 0 Å². The number of esters is 1. The predicted octanol–water partition coefficient (Wildman–Crippen LogP) is 1.88. The number of rotatable bonds is 10. The Morgan fingerprint density at radius 3 is 2.33 bits per heavy atom. The molecule has 0 spiro atoms. The number of aliphatic carboxylic acids is 1. The summed E-state index contributed by atoms with van der Waals surface area (Å²) in [5.41, 5.74) is 0. The molecule has 24 heavy (non-hydrogen) atoms. The molecular weight excluding hydrogens is 360 g/mol. The van der Waals surface area contributed by atoms with Gasteiger partial charge in [-0.25, -0.2) is 9.59 Å². The standard InChI is InChI=1S/C15H32O6Si3/c1-7-24(6,15(3,4)5)21-23(20-22)11-10-12(2)19-14(18)9-8-13(16)17/h8-9,12,23H,7,10-11H2,1-6,22H3,(H,16,17). The van der Waals surface area contributed by atoms with Gasteiger partial charge in [-0.2, -0.15) is 0 Å². The van der Waals surface area contributed by atoms with Crippen molar-refractivity contribution in [3.05, 3.63) is 12.2 Å². The van der Waals surface area contributed by atoms with Crippen molar-refractivity contribution >= 4 is 40.0 Å². The smallest absolute Gasteiger partial charge is 0.331 e. The zero-order valence-electron chi connectivity index (χ0n) is 15.9. The lowest BCUT2D eigenvalue weighted by Gasteiger charge is -2.41. The van der Waals surface area contributed by atoms with E-state index in [1.165, 1.54) is 0 Å². The first-order valence-electron chi connectivity index (χ1n) is 8.27. The third-order valence-corrected chi connectivity index (χ3v) is 15.0. The Bertz CT molecular complexity index is 449. The first kappa shape index (κ1) is 23.3. The fraction of sp³-hybridized carbons (Fsp3) is 0.733. The van der Waals surface area contributed by atoms with Crippen molar-refractivity contribution in [3.63, 3.8) is 0 Å². The fourth-order valence-corrected chi connectivity index (χ4v) is 11.0. The van der Waals surface area contributed by atoms with Crippen molar-refractivity contribution in [2.24, 2.45) is 0 Å². The van der Waals surface area contributed by atoms with E-state index in [2.05, 4.69) is 34.2 Å². The molecular formula is C15H32O6Si3. The highest BCUT2D eigenvalue weighted by Crippen LogP contribution is 2.40. The molecule has 0 amide bonds. The molecule has 0 aromatic heterocycles. The third kappa shape index (κ3) is 8.38. The van der Waals surface area contributed by atoms with Gasteiger partial charge in [0, 0.05) is 12.2 Å². The van der Waals surface area contributed by atoms with Gasteiger partial charge < -0.3 is 18.1 Å². The number of carboxylic acid groups (broad SMARTS) is 1. The Hall–Kier alpha value is -0.749. The molecule has 0 fully saturated rings. The molecule has 3 atom stereocenters. The van der Waals surface area contributed by atoms with Crippen molar-refractivity contribution in [1.29, 1.82) is 0 Å². The van der Waals surface area contributed by atoms with E-state index in [1.54, 1.807) is 6.92 Å². The molecule has 0 heterocycles. The molecule has 0 aromatic rings. The summed E-state index contributed by atoms with van der Waals surface area (Å²) < 4.78 is 17.4. The summed E-state index contributed by atoms with van der Waals surface area (Å²) in [6, 6.07) is 1.81. The van der Waals surface area contributed by atoms with Gasteiger partial charge in [0.1, 0.15) is 10.5 Å². The van der Waals surface area contributed by atoms with E-state index in [9.17, 15) is 9.59 Å². The highest BCUT2D eigenvalue weighted by molar-refractivity contribution is 6.80. The van der Waals surface area contributed by atoms with E-state index in [1.807, 2.05) is 0 Å². The lowest BCUT2D eigenvalue weighted by atomic mass is 10.2. The minimum absolute atomic E-state index is 0.146. The van der Waals surface area contributed by atoms with Crippen molar-refractivity contribution in [1.82, 2.24) is 0 Å². The molecule has 0 rings (SSSR count). The van der Waals surface area contributed by atoms with Crippen LogP contribution in [0.2, 0.25) is 23.7 Å². The van der Waals surface area contributed by atoms with Crippen LogP contribution in [0.3, 0.4) is 0 Å². The topological polar surface area (TPSA) is 82.1 Å². The Balaban J connectivity index is 4.54. The zero-order chi connectivity index (χ0) is 19.0. The number of carbonyl (C=O) groups excluding carboxylic acids is 1. The van der Waals surface area contributed by atoms with Crippen LogP contribution in [0.15, 0.2) is 12.2 Å². The lowest BCUT2D eigenvalue weighted by Crippen LogP contribution is -2.48. The first-order valence-corrected chi connectivity index (χ1v) is 13.5. The summed E-state index contributed by atoms with van der Waals surface area (Å²) in [6.45, 7) is 12.9. The minimum atomic E-state index is -1.86. The molecule has 0 aromatic carbocycles. The summed E-state index contributed by atoms with van der Waals surface area (Å²) in [4.78, 5) is 21.8. The first-order chi connectivity index (χ1) is 10.9. The second-order valence-electron chi connectivity index (χ2n) is 7.11. The highest BCUT2D eigenvalue weighted by atomic mass is 28.4. The molecule has 0 saturated carbocycles. The van der Waals surface area contributed by atoms with Gasteiger partial charge in [-0.3, -0.25) is 0 Å². The molecule has 6 nitrogen and oxygen atoms in total.